The number of carbonyl (C=O) groups excluding carboxylic acids is 1. The zero-order valence-corrected chi connectivity index (χ0v) is 14.9. The van der Waals surface area contributed by atoms with Crippen LogP contribution in [0, 0.1) is 5.92 Å². The molecule has 0 aliphatic carbocycles. The third-order valence-corrected chi connectivity index (χ3v) is 5.95. The molecule has 2 unspecified atom stereocenters. The van der Waals surface area contributed by atoms with Crippen molar-refractivity contribution in [3.63, 3.8) is 0 Å². The number of likely N-dealkylation sites (tertiary alicyclic amines) is 1. The number of urea groups is 1. The minimum absolute atomic E-state index is 0.116. The van der Waals surface area contributed by atoms with Crippen LogP contribution in [-0.2, 0) is 4.74 Å². The second-order valence-corrected chi connectivity index (χ2v) is 7.59. The minimum atomic E-state index is 0.116. The lowest BCUT2D eigenvalue weighted by atomic mass is 9.90. The predicted octanol–water partition coefficient (Wildman–Crippen LogP) is 2.87. The van der Waals surface area contributed by atoms with Crippen LogP contribution in [0.4, 0.5) is 10.5 Å². The number of anilines is 1. The van der Waals surface area contributed by atoms with Gasteiger partial charge in [-0.15, -0.1) is 0 Å². The highest BCUT2D eigenvalue weighted by molar-refractivity contribution is 5.74. The highest BCUT2D eigenvalue weighted by atomic mass is 16.5. The van der Waals surface area contributed by atoms with Crippen molar-refractivity contribution >= 4 is 11.7 Å². The van der Waals surface area contributed by atoms with Gasteiger partial charge in [-0.1, -0.05) is 18.2 Å². The fourth-order valence-corrected chi connectivity index (χ4v) is 4.47. The van der Waals surface area contributed by atoms with Crippen molar-refractivity contribution in [1.82, 2.24) is 10.2 Å². The first-order valence-corrected chi connectivity index (χ1v) is 9.76. The summed E-state index contributed by atoms with van der Waals surface area (Å²) < 4.78 is 5.83. The average molecular weight is 343 g/mol. The van der Waals surface area contributed by atoms with E-state index < -0.39 is 0 Å². The molecule has 0 aromatic heterocycles. The zero-order valence-electron chi connectivity index (χ0n) is 14.9. The normalized spacial score (nSPS) is 27.7. The molecule has 4 rings (SSSR count). The third-order valence-electron chi connectivity index (χ3n) is 5.95. The van der Waals surface area contributed by atoms with Gasteiger partial charge in [0.05, 0.1) is 6.10 Å². The Labute approximate surface area is 150 Å². The zero-order chi connectivity index (χ0) is 17.1. The molecule has 3 fully saturated rings. The molecule has 25 heavy (non-hydrogen) atoms. The van der Waals surface area contributed by atoms with Crippen LogP contribution in [0.2, 0.25) is 0 Å². The molecule has 3 heterocycles. The van der Waals surface area contributed by atoms with Gasteiger partial charge in [-0.3, -0.25) is 0 Å². The number of benzene rings is 1. The number of nitrogens with zero attached hydrogens (tertiary/aromatic N) is 2. The van der Waals surface area contributed by atoms with Crippen LogP contribution in [0.1, 0.15) is 32.1 Å². The Kier molecular flexibility index (Phi) is 5.11. The summed E-state index contributed by atoms with van der Waals surface area (Å²) in [6.07, 6.45) is 6.03. The number of carbonyl (C=O) groups is 1. The largest absolute Gasteiger partial charge is 0.378 e. The number of para-hydroxylation sites is 1. The Hall–Kier alpha value is -1.75. The number of hydrogen-bond donors (Lipinski definition) is 1. The predicted molar refractivity (Wildman–Crippen MR) is 98.9 cm³/mol. The van der Waals surface area contributed by atoms with E-state index in [4.69, 9.17) is 4.74 Å². The van der Waals surface area contributed by atoms with Crippen molar-refractivity contribution in [1.29, 1.82) is 0 Å². The van der Waals surface area contributed by atoms with Crippen molar-refractivity contribution in [2.75, 3.05) is 37.7 Å². The molecule has 5 nitrogen and oxygen atoms in total. The van der Waals surface area contributed by atoms with Gasteiger partial charge in [0, 0.05) is 44.5 Å². The Morgan fingerprint density at radius 2 is 1.84 bits per heavy atom. The molecule has 0 bridgehead atoms. The summed E-state index contributed by atoms with van der Waals surface area (Å²) >= 11 is 0. The van der Waals surface area contributed by atoms with Crippen molar-refractivity contribution in [2.45, 2.75) is 44.2 Å². The van der Waals surface area contributed by atoms with Crippen LogP contribution >= 0.6 is 0 Å². The summed E-state index contributed by atoms with van der Waals surface area (Å²) in [5.41, 5.74) is 1.25. The van der Waals surface area contributed by atoms with E-state index in [1.807, 2.05) is 11.0 Å². The molecule has 3 saturated heterocycles. The maximum Gasteiger partial charge on any atom is 0.317 e. The Balaban J connectivity index is 1.23. The van der Waals surface area contributed by atoms with Crippen LogP contribution < -0.4 is 10.2 Å². The van der Waals surface area contributed by atoms with Gasteiger partial charge in [0.25, 0.3) is 0 Å². The van der Waals surface area contributed by atoms with Crippen LogP contribution in [-0.4, -0.2) is 55.9 Å². The highest BCUT2D eigenvalue weighted by Crippen LogP contribution is 2.29. The van der Waals surface area contributed by atoms with E-state index in [0.29, 0.717) is 12.0 Å². The van der Waals surface area contributed by atoms with Crippen molar-refractivity contribution in [3.8, 4) is 0 Å². The van der Waals surface area contributed by atoms with Gasteiger partial charge < -0.3 is 19.9 Å². The molecule has 136 valence electrons. The molecule has 1 N–H and O–H groups in total. The Morgan fingerprint density at radius 3 is 2.56 bits per heavy atom. The monoisotopic (exact) mass is 343 g/mol. The lowest BCUT2D eigenvalue weighted by Crippen LogP contribution is -2.49. The Bertz CT molecular complexity index is 566. The van der Waals surface area contributed by atoms with E-state index >= 15 is 0 Å². The summed E-state index contributed by atoms with van der Waals surface area (Å²) in [4.78, 5) is 16.9. The van der Waals surface area contributed by atoms with Crippen molar-refractivity contribution in [3.05, 3.63) is 30.3 Å². The fraction of sp³-hybridized carbons (Fsp3) is 0.650. The lowest BCUT2D eigenvalue weighted by molar-refractivity contribution is 0.0371. The van der Waals surface area contributed by atoms with E-state index in [0.717, 1.165) is 52.0 Å². The van der Waals surface area contributed by atoms with E-state index in [-0.39, 0.29) is 12.1 Å². The number of ether oxygens (including phenoxy) is 1. The third kappa shape index (κ3) is 3.92. The maximum absolute atomic E-state index is 12.6. The smallest absolute Gasteiger partial charge is 0.317 e. The van der Waals surface area contributed by atoms with Gasteiger partial charge in [-0.05, 0) is 50.2 Å². The van der Waals surface area contributed by atoms with E-state index in [2.05, 4.69) is 34.5 Å². The first-order valence-electron chi connectivity index (χ1n) is 9.76. The van der Waals surface area contributed by atoms with Crippen molar-refractivity contribution < 1.29 is 9.53 Å². The molecule has 0 radical (unpaired) electrons. The fourth-order valence-electron chi connectivity index (χ4n) is 4.47. The molecule has 2 atom stereocenters. The second kappa shape index (κ2) is 7.65. The van der Waals surface area contributed by atoms with Gasteiger partial charge >= 0.3 is 6.03 Å². The summed E-state index contributed by atoms with van der Waals surface area (Å²) in [6.45, 7) is 4.57. The second-order valence-electron chi connectivity index (χ2n) is 7.59. The quantitative estimate of drug-likeness (QED) is 0.918. The molecular weight excluding hydrogens is 314 g/mol. The highest BCUT2D eigenvalue weighted by Gasteiger charge is 2.32. The van der Waals surface area contributed by atoms with E-state index in [1.165, 1.54) is 18.5 Å². The first kappa shape index (κ1) is 16.7. The number of nitrogens with one attached hydrogen (secondary N) is 1. The SMILES string of the molecule is O=C(NC1CCN(c2ccccc2)C1)N1CCC(C2CCCO2)CC1. The first-order chi connectivity index (χ1) is 12.3. The van der Waals surface area contributed by atoms with Gasteiger partial charge in [-0.25, -0.2) is 4.79 Å². The van der Waals surface area contributed by atoms with Crippen LogP contribution in [0.15, 0.2) is 30.3 Å². The molecule has 0 spiro atoms. The molecule has 2 amide bonds. The average Bonchev–Trinajstić information content (AvgIpc) is 3.35. The minimum Gasteiger partial charge on any atom is -0.378 e. The van der Waals surface area contributed by atoms with E-state index in [1.54, 1.807) is 0 Å². The van der Waals surface area contributed by atoms with E-state index in [9.17, 15) is 4.79 Å². The molecule has 1 aromatic carbocycles. The van der Waals surface area contributed by atoms with Crippen molar-refractivity contribution in [2.24, 2.45) is 5.92 Å². The van der Waals surface area contributed by atoms with Gasteiger partial charge in [0.2, 0.25) is 0 Å². The number of hydrogen-bond acceptors (Lipinski definition) is 3. The standard InChI is InChI=1S/C20H29N3O2/c24-20(22-11-8-16(9-12-22)19-7-4-14-25-19)21-17-10-13-23(15-17)18-5-2-1-3-6-18/h1-3,5-6,16-17,19H,4,7-15H2,(H,21,24). The number of piperidine rings is 1. The topological polar surface area (TPSA) is 44.8 Å². The maximum atomic E-state index is 12.6. The summed E-state index contributed by atoms with van der Waals surface area (Å²) in [5.74, 6) is 0.645. The number of rotatable bonds is 3. The van der Waals surface area contributed by atoms with Gasteiger partial charge in [-0.2, -0.15) is 0 Å². The number of amides is 2. The van der Waals surface area contributed by atoms with Gasteiger partial charge in [0.1, 0.15) is 0 Å². The Morgan fingerprint density at radius 1 is 1.04 bits per heavy atom. The molecular formula is C20H29N3O2. The van der Waals surface area contributed by atoms with Gasteiger partial charge in [0.15, 0.2) is 0 Å². The molecule has 1 aromatic rings. The molecule has 0 saturated carbocycles. The lowest BCUT2D eigenvalue weighted by Gasteiger charge is -2.35. The molecule has 3 aliphatic rings. The molecule has 3 aliphatic heterocycles. The summed E-state index contributed by atoms with van der Waals surface area (Å²) in [6, 6.07) is 10.8. The summed E-state index contributed by atoms with van der Waals surface area (Å²) in [5, 5.41) is 3.25. The van der Waals surface area contributed by atoms with Crippen LogP contribution in [0.3, 0.4) is 0 Å². The molecule has 5 heteroatoms. The van der Waals surface area contributed by atoms with Crippen LogP contribution in [0.25, 0.3) is 0 Å². The summed E-state index contributed by atoms with van der Waals surface area (Å²) in [7, 11) is 0. The van der Waals surface area contributed by atoms with Crippen LogP contribution in [0.5, 0.6) is 0 Å².